The van der Waals surface area contributed by atoms with E-state index in [4.69, 9.17) is 27.6 Å². The zero-order valence-electron chi connectivity index (χ0n) is 19.7. The van der Waals surface area contributed by atoms with Crippen LogP contribution >= 0.6 is 15.2 Å². The minimum absolute atomic E-state index is 0.102. The second-order valence-corrected chi connectivity index (χ2v) is 11.5. The highest BCUT2D eigenvalue weighted by Gasteiger charge is 2.51. The van der Waals surface area contributed by atoms with Gasteiger partial charge in [-0.25, -0.2) is 0 Å². The Bertz CT molecular complexity index is 888. The molecule has 0 saturated carbocycles. The molecule has 11 nitrogen and oxygen atoms in total. The van der Waals surface area contributed by atoms with E-state index in [2.05, 4.69) is 10.3 Å². The second-order valence-electron chi connectivity index (χ2n) is 6.63. The molecular formula is C20H33N3O8P2. The Hall–Kier alpha value is -1.74. The predicted octanol–water partition coefficient (Wildman–Crippen LogP) is 4.72. The van der Waals surface area contributed by atoms with E-state index in [-0.39, 0.29) is 39.6 Å². The van der Waals surface area contributed by atoms with Crippen LogP contribution in [0.3, 0.4) is 0 Å². The summed E-state index contributed by atoms with van der Waals surface area (Å²) < 4.78 is 61.4. The molecule has 186 valence electrons. The highest BCUT2D eigenvalue weighted by Crippen LogP contribution is 2.70. The van der Waals surface area contributed by atoms with Crippen LogP contribution in [0.5, 0.6) is 11.5 Å². The van der Waals surface area contributed by atoms with Crippen molar-refractivity contribution in [2.75, 3.05) is 33.5 Å². The van der Waals surface area contributed by atoms with E-state index in [1.807, 2.05) is 0 Å². The van der Waals surface area contributed by atoms with Crippen molar-refractivity contribution in [3.63, 3.8) is 0 Å². The summed E-state index contributed by atoms with van der Waals surface area (Å²) in [6.45, 7) is 7.17. The molecule has 13 heteroatoms. The molecule has 0 radical (unpaired) electrons. The Morgan fingerprint density at radius 2 is 1.33 bits per heavy atom. The fourth-order valence-corrected chi connectivity index (χ4v) is 8.20. The van der Waals surface area contributed by atoms with Gasteiger partial charge in [0, 0.05) is 0 Å². The number of methoxy groups -OCH3 is 1. The van der Waals surface area contributed by atoms with Crippen LogP contribution in [0, 0.1) is 0 Å². The lowest BCUT2D eigenvalue weighted by atomic mass is 10.3. The molecule has 1 aromatic carbocycles. The SMILES string of the molecule is CCOP(=O)(OCC)C(Cn1cc(COc2ccc(OC)cc2)nn1)P(=O)(OCC)OCC. The quantitative estimate of drug-likeness (QED) is 0.296. The van der Waals surface area contributed by atoms with Crippen molar-refractivity contribution in [2.24, 2.45) is 0 Å². The number of hydrogen-bond donors (Lipinski definition) is 0. The Morgan fingerprint density at radius 3 is 1.79 bits per heavy atom. The van der Waals surface area contributed by atoms with Crippen LogP contribution in [0.1, 0.15) is 33.4 Å². The van der Waals surface area contributed by atoms with Crippen LogP contribution in [0.15, 0.2) is 30.5 Å². The van der Waals surface area contributed by atoms with Gasteiger partial charge in [0.15, 0.2) is 5.40 Å². The molecule has 0 aliphatic heterocycles. The molecular weight excluding hydrogens is 472 g/mol. The molecule has 33 heavy (non-hydrogen) atoms. The summed E-state index contributed by atoms with van der Waals surface area (Å²) in [5.74, 6) is 1.36. The van der Waals surface area contributed by atoms with Crippen LogP contribution < -0.4 is 9.47 Å². The van der Waals surface area contributed by atoms with Gasteiger partial charge in [-0.1, -0.05) is 5.21 Å². The maximum Gasteiger partial charge on any atom is 0.347 e. The van der Waals surface area contributed by atoms with Crippen LogP contribution in [-0.2, 0) is 40.4 Å². The molecule has 2 aromatic rings. The van der Waals surface area contributed by atoms with E-state index in [1.54, 1.807) is 65.3 Å². The highest BCUT2D eigenvalue weighted by atomic mass is 31.2. The lowest BCUT2D eigenvalue weighted by Crippen LogP contribution is -2.23. The minimum atomic E-state index is -3.88. The molecule has 2 rings (SSSR count). The number of hydrogen-bond acceptors (Lipinski definition) is 10. The van der Waals surface area contributed by atoms with Gasteiger partial charge in [-0.15, -0.1) is 5.10 Å². The number of aromatic nitrogens is 3. The van der Waals surface area contributed by atoms with E-state index in [9.17, 15) is 9.13 Å². The van der Waals surface area contributed by atoms with Crippen LogP contribution in [-0.4, -0.2) is 53.9 Å². The van der Waals surface area contributed by atoms with Gasteiger partial charge >= 0.3 is 15.2 Å². The summed E-state index contributed by atoms with van der Waals surface area (Å²) in [7, 11) is -6.17. The molecule has 0 spiro atoms. The van der Waals surface area contributed by atoms with Crippen LogP contribution in [0.25, 0.3) is 0 Å². The monoisotopic (exact) mass is 505 g/mol. The van der Waals surface area contributed by atoms with E-state index >= 15 is 0 Å². The Kier molecular flexibility index (Phi) is 11.0. The van der Waals surface area contributed by atoms with Gasteiger partial charge in [-0.05, 0) is 52.0 Å². The molecule has 1 aromatic heterocycles. The van der Waals surface area contributed by atoms with E-state index in [1.165, 1.54) is 4.68 Å². The molecule has 0 N–H and O–H groups in total. The molecule has 0 aliphatic rings. The average molecular weight is 505 g/mol. The molecule has 1 heterocycles. The number of rotatable bonds is 16. The fraction of sp³-hybridized carbons (Fsp3) is 0.600. The molecule has 0 amide bonds. The summed E-state index contributed by atoms with van der Waals surface area (Å²) in [5.41, 5.74) is 0.523. The lowest BCUT2D eigenvalue weighted by molar-refractivity contribution is 0.191. The van der Waals surface area contributed by atoms with Crippen molar-refractivity contribution in [1.82, 2.24) is 15.0 Å². The molecule has 0 aliphatic carbocycles. The van der Waals surface area contributed by atoms with Crippen molar-refractivity contribution in [3.05, 3.63) is 36.2 Å². The smallest absolute Gasteiger partial charge is 0.347 e. The van der Waals surface area contributed by atoms with Crippen LogP contribution in [0.4, 0.5) is 0 Å². The molecule has 0 fully saturated rings. The lowest BCUT2D eigenvalue weighted by Gasteiger charge is -2.31. The molecule has 0 atom stereocenters. The first-order chi connectivity index (χ1) is 15.8. The van der Waals surface area contributed by atoms with Gasteiger partial charge in [-0.3, -0.25) is 13.8 Å². The first-order valence-corrected chi connectivity index (χ1v) is 14.0. The number of ether oxygens (including phenoxy) is 2. The topological polar surface area (TPSA) is 120 Å². The van der Waals surface area contributed by atoms with Crippen LogP contribution in [0.2, 0.25) is 0 Å². The van der Waals surface area contributed by atoms with Gasteiger partial charge in [0.25, 0.3) is 0 Å². The molecule has 0 unspecified atom stereocenters. The first kappa shape index (κ1) is 27.5. The summed E-state index contributed by atoms with van der Waals surface area (Å²) in [5, 5.41) is 6.93. The Labute approximate surface area is 194 Å². The van der Waals surface area contributed by atoms with Crippen molar-refractivity contribution < 1.29 is 36.7 Å². The van der Waals surface area contributed by atoms with E-state index < -0.39 is 20.6 Å². The normalized spacial score (nSPS) is 12.3. The van der Waals surface area contributed by atoms with Crippen molar-refractivity contribution in [1.29, 1.82) is 0 Å². The van der Waals surface area contributed by atoms with Crippen molar-refractivity contribution in [2.45, 2.75) is 46.2 Å². The third kappa shape index (κ3) is 7.64. The number of benzene rings is 1. The third-order valence-electron chi connectivity index (χ3n) is 4.35. The zero-order chi connectivity index (χ0) is 24.3. The zero-order valence-corrected chi connectivity index (χ0v) is 21.5. The summed E-state index contributed by atoms with van der Waals surface area (Å²) >= 11 is 0. The summed E-state index contributed by atoms with van der Waals surface area (Å²) in [6.07, 6.45) is 1.61. The Morgan fingerprint density at radius 1 is 0.848 bits per heavy atom. The third-order valence-corrected chi connectivity index (χ3v) is 10.3. The largest absolute Gasteiger partial charge is 0.497 e. The highest BCUT2D eigenvalue weighted by molar-refractivity contribution is 7.72. The second kappa shape index (κ2) is 13.2. The molecule has 0 saturated heterocycles. The van der Waals surface area contributed by atoms with E-state index in [0.717, 1.165) is 5.75 Å². The average Bonchev–Trinajstić information content (AvgIpc) is 3.24. The summed E-state index contributed by atoms with van der Waals surface area (Å²) in [4.78, 5) is 0. The van der Waals surface area contributed by atoms with Crippen molar-refractivity contribution >= 4 is 15.2 Å². The molecule has 0 bridgehead atoms. The maximum atomic E-state index is 13.6. The van der Waals surface area contributed by atoms with Crippen molar-refractivity contribution in [3.8, 4) is 11.5 Å². The minimum Gasteiger partial charge on any atom is -0.497 e. The first-order valence-electron chi connectivity index (χ1n) is 10.8. The predicted molar refractivity (Wildman–Crippen MR) is 123 cm³/mol. The number of nitrogens with zero attached hydrogens (tertiary/aromatic N) is 3. The van der Waals surface area contributed by atoms with Gasteiger partial charge in [0.2, 0.25) is 0 Å². The van der Waals surface area contributed by atoms with Gasteiger partial charge in [0.1, 0.15) is 23.8 Å². The fourth-order valence-electron chi connectivity index (χ4n) is 3.00. The maximum absolute atomic E-state index is 13.6. The van der Waals surface area contributed by atoms with Gasteiger partial charge in [-0.2, -0.15) is 0 Å². The summed E-state index contributed by atoms with van der Waals surface area (Å²) in [6, 6.07) is 7.13. The standard InChI is InChI=1S/C20H33N3O8P2/c1-6-28-32(24,29-7-2)20(33(25,30-8-3)31-9-4)15-23-14-17(21-22-23)16-27-19-12-10-18(26-5)11-13-19/h10-14,20H,6-9,15-16H2,1-5H3. The van der Waals surface area contributed by atoms with E-state index in [0.29, 0.717) is 11.4 Å². The van der Waals surface area contributed by atoms with Gasteiger partial charge < -0.3 is 27.6 Å². The van der Waals surface area contributed by atoms with Gasteiger partial charge in [0.05, 0.1) is 46.3 Å². The Balaban J connectivity index is 2.23.